The van der Waals surface area contributed by atoms with Crippen LogP contribution in [0.5, 0.6) is 0 Å². The van der Waals surface area contributed by atoms with Crippen LogP contribution >= 0.6 is 0 Å². The molecule has 4 N–H and O–H groups in total. The van der Waals surface area contributed by atoms with Gasteiger partial charge in [-0.1, -0.05) is 18.2 Å². The second-order valence-corrected chi connectivity index (χ2v) is 3.68. The Labute approximate surface area is 88.2 Å². The average molecular weight is 206 g/mol. The number of aliphatic hydroxyl groups excluding tert-OH is 1. The van der Waals surface area contributed by atoms with Crippen LogP contribution in [0.2, 0.25) is 0 Å². The fourth-order valence-electron chi connectivity index (χ4n) is 2.09. The number of allylic oxidation sites excluding steroid dienone is 2. The molecule has 0 aromatic rings. The molecule has 1 heterocycles. The van der Waals surface area contributed by atoms with Crippen LogP contribution in [0.25, 0.3) is 0 Å². The molecular weight excluding hydrogens is 192 g/mol. The highest BCUT2D eigenvalue weighted by atomic mass is 16.3. The molecule has 15 heavy (non-hydrogen) atoms. The van der Waals surface area contributed by atoms with E-state index in [2.05, 4.69) is 5.32 Å². The van der Waals surface area contributed by atoms with Gasteiger partial charge in [-0.2, -0.15) is 0 Å². The number of rotatable bonds is 3. The first-order valence-electron chi connectivity index (χ1n) is 4.95. The second-order valence-electron chi connectivity index (χ2n) is 3.68. The lowest BCUT2D eigenvalue weighted by molar-refractivity contribution is -0.114. The number of carbonyl (C=O) groups is 1. The zero-order valence-electron chi connectivity index (χ0n) is 8.31. The lowest BCUT2D eigenvalue weighted by Gasteiger charge is -2.24. The van der Waals surface area contributed by atoms with Gasteiger partial charge in [-0.3, -0.25) is 4.79 Å². The SMILES string of the molecule is NCC(=O)C1=CC=CC2NC=C(CO)C12. The van der Waals surface area contributed by atoms with Gasteiger partial charge < -0.3 is 16.2 Å². The van der Waals surface area contributed by atoms with Crippen molar-refractivity contribution in [2.75, 3.05) is 13.2 Å². The second kappa shape index (κ2) is 4.00. The van der Waals surface area contributed by atoms with E-state index in [1.165, 1.54) is 0 Å². The molecule has 0 aromatic heterocycles. The number of carbonyl (C=O) groups excluding carboxylic acids is 1. The third kappa shape index (κ3) is 1.62. The van der Waals surface area contributed by atoms with E-state index < -0.39 is 0 Å². The zero-order valence-corrected chi connectivity index (χ0v) is 8.31. The lowest BCUT2D eigenvalue weighted by Crippen LogP contribution is -2.33. The Morgan fingerprint density at radius 1 is 1.60 bits per heavy atom. The van der Waals surface area contributed by atoms with Crippen molar-refractivity contribution in [3.8, 4) is 0 Å². The Morgan fingerprint density at radius 3 is 3.07 bits per heavy atom. The highest BCUT2D eigenvalue weighted by molar-refractivity contribution is 5.98. The summed E-state index contributed by atoms with van der Waals surface area (Å²) in [5.41, 5.74) is 6.89. The van der Waals surface area contributed by atoms with Crippen molar-refractivity contribution in [2.24, 2.45) is 11.7 Å². The molecular formula is C11H14N2O2. The van der Waals surface area contributed by atoms with Crippen molar-refractivity contribution in [3.05, 3.63) is 35.6 Å². The van der Waals surface area contributed by atoms with Gasteiger partial charge in [0.25, 0.3) is 0 Å². The van der Waals surface area contributed by atoms with Crippen LogP contribution in [0, 0.1) is 5.92 Å². The number of aliphatic hydroxyl groups is 1. The number of fused-ring (bicyclic) bond motifs is 1. The molecule has 0 fully saturated rings. The van der Waals surface area contributed by atoms with Crippen molar-refractivity contribution in [1.82, 2.24) is 5.32 Å². The summed E-state index contributed by atoms with van der Waals surface area (Å²) in [6.07, 6.45) is 7.40. The highest BCUT2D eigenvalue weighted by Crippen LogP contribution is 2.31. The molecule has 4 heteroatoms. The summed E-state index contributed by atoms with van der Waals surface area (Å²) < 4.78 is 0. The van der Waals surface area contributed by atoms with E-state index in [-0.39, 0.29) is 30.9 Å². The maximum atomic E-state index is 11.6. The Morgan fingerprint density at radius 2 is 2.40 bits per heavy atom. The molecule has 2 unspecified atom stereocenters. The van der Waals surface area contributed by atoms with Gasteiger partial charge in [0, 0.05) is 11.5 Å². The third-order valence-corrected chi connectivity index (χ3v) is 2.84. The van der Waals surface area contributed by atoms with Gasteiger partial charge in [0.15, 0.2) is 5.78 Å². The summed E-state index contributed by atoms with van der Waals surface area (Å²) in [6, 6.07) is 0.0858. The molecule has 0 saturated heterocycles. The number of hydrogen-bond donors (Lipinski definition) is 3. The minimum Gasteiger partial charge on any atom is -0.392 e. The molecule has 80 valence electrons. The molecule has 0 aromatic carbocycles. The van der Waals surface area contributed by atoms with Gasteiger partial charge in [0.1, 0.15) is 0 Å². The number of Topliss-reactive ketones (excluding diaryl/α,β-unsaturated/α-hetero) is 1. The van der Waals surface area contributed by atoms with Crippen LogP contribution in [0.3, 0.4) is 0 Å². The molecule has 0 saturated carbocycles. The molecule has 4 nitrogen and oxygen atoms in total. The molecule has 2 atom stereocenters. The first-order chi connectivity index (χ1) is 7.27. The van der Waals surface area contributed by atoms with Gasteiger partial charge >= 0.3 is 0 Å². The van der Waals surface area contributed by atoms with Gasteiger partial charge in [-0.25, -0.2) is 0 Å². The average Bonchev–Trinajstić information content (AvgIpc) is 2.70. The normalized spacial score (nSPS) is 27.9. The Balaban J connectivity index is 2.30. The number of nitrogens with one attached hydrogen (secondary N) is 1. The van der Waals surface area contributed by atoms with E-state index >= 15 is 0 Å². The standard InChI is InChI=1S/C11H14N2O2/c12-4-10(15)8-2-1-3-9-11(8)7(6-14)5-13-9/h1-3,5,9,11,13-14H,4,6,12H2. The topological polar surface area (TPSA) is 75.4 Å². The minimum absolute atomic E-state index is 0.0155. The summed E-state index contributed by atoms with van der Waals surface area (Å²) in [5, 5.41) is 12.3. The zero-order chi connectivity index (χ0) is 10.8. The first kappa shape index (κ1) is 10.1. The number of hydrogen-bond acceptors (Lipinski definition) is 4. The first-order valence-corrected chi connectivity index (χ1v) is 4.95. The van der Waals surface area contributed by atoms with E-state index in [0.717, 1.165) is 5.57 Å². The van der Waals surface area contributed by atoms with E-state index in [1.807, 2.05) is 12.2 Å². The third-order valence-electron chi connectivity index (χ3n) is 2.84. The predicted molar refractivity (Wildman–Crippen MR) is 56.9 cm³/mol. The van der Waals surface area contributed by atoms with Gasteiger partial charge in [0.05, 0.1) is 19.2 Å². The van der Waals surface area contributed by atoms with Gasteiger partial charge in [-0.05, 0) is 11.8 Å². The summed E-state index contributed by atoms with van der Waals surface area (Å²) in [7, 11) is 0. The van der Waals surface area contributed by atoms with Crippen molar-refractivity contribution in [1.29, 1.82) is 0 Å². The van der Waals surface area contributed by atoms with E-state index in [0.29, 0.717) is 5.57 Å². The van der Waals surface area contributed by atoms with Crippen molar-refractivity contribution < 1.29 is 9.90 Å². The lowest BCUT2D eigenvalue weighted by atomic mass is 9.82. The Kier molecular flexibility index (Phi) is 2.70. The van der Waals surface area contributed by atoms with E-state index in [1.54, 1.807) is 12.3 Å². The molecule has 1 aliphatic carbocycles. The molecule has 0 amide bonds. The van der Waals surface area contributed by atoms with Crippen molar-refractivity contribution in [3.63, 3.8) is 0 Å². The van der Waals surface area contributed by atoms with Crippen LogP contribution in [0.15, 0.2) is 35.6 Å². The maximum Gasteiger partial charge on any atom is 0.173 e. The molecule has 2 aliphatic rings. The van der Waals surface area contributed by atoms with Gasteiger partial charge in [-0.15, -0.1) is 0 Å². The molecule has 1 aliphatic heterocycles. The van der Waals surface area contributed by atoms with Gasteiger partial charge in [0.2, 0.25) is 0 Å². The number of ketones is 1. The van der Waals surface area contributed by atoms with E-state index in [4.69, 9.17) is 5.73 Å². The van der Waals surface area contributed by atoms with Crippen LogP contribution in [0.4, 0.5) is 0 Å². The predicted octanol–water partition coefficient (Wildman–Crippen LogP) is -0.525. The van der Waals surface area contributed by atoms with Crippen LogP contribution < -0.4 is 11.1 Å². The molecule has 0 radical (unpaired) electrons. The summed E-state index contributed by atoms with van der Waals surface area (Å²) in [5.74, 6) is -0.103. The summed E-state index contributed by atoms with van der Waals surface area (Å²) in [6.45, 7) is -0.0151. The fourth-order valence-corrected chi connectivity index (χ4v) is 2.09. The molecule has 0 bridgehead atoms. The van der Waals surface area contributed by atoms with E-state index in [9.17, 15) is 9.90 Å². The summed E-state index contributed by atoms with van der Waals surface area (Å²) >= 11 is 0. The van der Waals surface area contributed by atoms with Crippen LogP contribution in [0.1, 0.15) is 0 Å². The smallest absolute Gasteiger partial charge is 0.173 e. The maximum absolute atomic E-state index is 11.6. The Bertz CT molecular complexity index is 369. The van der Waals surface area contributed by atoms with Crippen LogP contribution in [-0.4, -0.2) is 30.1 Å². The fraction of sp³-hybridized carbons (Fsp3) is 0.364. The van der Waals surface area contributed by atoms with Crippen LogP contribution in [-0.2, 0) is 4.79 Å². The Hall–Kier alpha value is -1.39. The quantitative estimate of drug-likeness (QED) is 0.580. The summed E-state index contributed by atoms with van der Waals surface area (Å²) in [4.78, 5) is 11.6. The largest absolute Gasteiger partial charge is 0.392 e. The highest BCUT2D eigenvalue weighted by Gasteiger charge is 2.34. The van der Waals surface area contributed by atoms with Crippen molar-refractivity contribution >= 4 is 5.78 Å². The molecule has 2 rings (SSSR count). The molecule has 0 spiro atoms. The number of nitrogens with two attached hydrogens (primary N) is 1. The van der Waals surface area contributed by atoms with Crippen molar-refractivity contribution in [2.45, 2.75) is 6.04 Å². The minimum atomic E-state index is -0.0580. The monoisotopic (exact) mass is 206 g/mol.